The van der Waals surface area contributed by atoms with Crippen LogP contribution in [-0.4, -0.2) is 13.1 Å². The molecule has 1 atom stereocenters. The lowest BCUT2D eigenvalue weighted by molar-refractivity contribution is -0.143. The van der Waals surface area contributed by atoms with Gasteiger partial charge in [0.1, 0.15) is 5.82 Å². The second-order valence-electron chi connectivity index (χ2n) is 6.28. The van der Waals surface area contributed by atoms with Crippen molar-refractivity contribution < 1.29 is 13.9 Å². The fraction of sp³-hybridized carbons (Fsp3) is 0.588. The number of esters is 1. The molecular formula is C17H24FNO2. The quantitative estimate of drug-likeness (QED) is 0.843. The van der Waals surface area contributed by atoms with Crippen molar-refractivity contribution in [2.75, 3.05) is 7.11 Å². The Morgan fingerprint density at radius 2 is 2.10 bits per heavy atom. The van der Waals surface area contributed by atoms with Crippen LogP contribution in [0.25, 0.3) is 0 Å². The Morgan fingerprint density at radius 3 is 2.67 bits per heavy atom. The van der Waals surface area contributed by atoms with Gasteiger partial charge in [0.05, 0.1) is 13.5 Å². The first-order valence-electron chi connectivity index (χ1n) is 7.54. The summed E-state index contributed by atoms with van der Waals surface area (Å²) < 4.78 is 18.2. The van der Waals surface area contributed by atoms with E-state index in [1.54, 1.807) is 19.1 Å². The lowest BCUT2D eigenvalue weighted by atomic mass is 9.76. The monoisotopic (exact) mass is 293 g/mol. The number of benzene rings is 1. The molecule has 116 valence electrons. The number of nitrogens with two attached hydrogens (primary N) is 1. The van der Waals surface area contributed by atoms with E-state index in [1.165, 1.54) is 13.2 Å². The predicted molar refractivity (Wildman–Crippen MR) is 80.2 cm³/mol. The molecule has 2 rings (SSSR count). The van der Waals surface area contributed by atoms with Crippen LogP contribution < -0.4 is 5.73 Å². The van der Waals surface area contributed by atoms with Crippen molar-refractivity contribution in [3.05, 3.63) is 35.1 Å². The maximum Gasteiger partial charge on any atom is 0.306 e. The third kappa shape index (κ3) is 3.82. The van der Waals surface area contributed by atoms with Gasteiger partial charge in [-0.05, 0) is 48.8 Å². The molecule has 3 nitrogen and oxygen atoms in total. The topological polar surface area (TPSA) is 52.3 Å². The van der Waals surface area contributed by atoms with E-state index in [0.29, 0.717) is 12.0 Å². The lowest BCUT2D eigenvalue weighted by Gasteiger charge is -2.31. The molecule has 0 heterocycles. The molecule has 1 aliphatic rings. The van der Waals surface area contributed by atoms with Crippen molar-refractivity contribution >= 4 is 5.97 Å². The summed E-state index contributed by atoms with van der Waals surface area (Å²) >= 11 is 0. The summed E-state index contributed by atoms with van der Waals surface area (Å²) in [4.78, 5) is 11.7. The van der Waals surface area contributed by atoms with Gasteiger partial charge in [0.25, 0.3) is 0 Å². The third-order valence-corrected chi connectivity index (χ3v) is 4.67. The lowest BCUT2D eigenvalue weighted by Crippen LogP contribution is -2.27. The normalized spacial score (nSPS) is 18.5. The Balaban J connectivity index is 2.12. The zero-order chi connectivity index (χ0) is 15.5. The van der Waals surface area contributed by atoms with Crippen LogP contribution in [0.15, 0.2) is 18.2 Å². The Hall–Kier alpha value is -1.42. The number of carbonyl (C=O) groups excluding carboxylic acids is 1. The number of ether oxygens (including phenoxy) is 1. The average Bonchev–Trinajstić information content (AvgIpc) is 2.89. The molecule has 1 unspecified atom stereocenters. The Morgan fingerprint density at radius 1 is 1.43 bits per heavy atom. The number of carbonyl (C=O) groups is 1. The number of halogens is 1. The molecule has 4 heteroatoms. The molecular weight excluding hydrogens is 269 g/mol. The van der Waals surface area contributed by atoms with Gasteiger partial charge < -0.3 is 10.5 Å². The minimum atomic E-state index is -0.212. The Labute approximate surface area is 125 Å². The molecule has 0 amide bonds. The Kier molecular flexibility index (Phi) is 4.99. The molecule has 0 bridgehead atoms. The highest BCUT2D eigenvalue weighted by Gasteiger charge is 2.38. The molecule has 0 aromatic heterocycles. The van der Waals surface area contributed by atoms with Crippen molar-refractivity contribution in [2.45, 2.75) is 51.5 Å². The number of aryl methyl sites for hydroxylation is 1. The van der Waals surface area contributed by atoms with Crippen LogP contribution in [-0.2, 0) is 9.53 Å². The summed E-state index contributed by atoms with van der Waals surface area (Å²) in [7, 11) is 1.42. The maximum atomic E-state index is 13.4. The number of rotatable bonds is 5. The van der Waals surface area contributed by atoms with Gasteiger partial charge in [-0.25, -0.2) is 4.39 Å². The smallest absolute Gasteiger partial charge is 0.306 e. The van der Waals surface area contributed by atoms with Crippen LogP contribution in [0, 0.1) is 18.2 Å². The first-order valence-corrected chi connectivity index (χ1v) is 7.54. The third-order valence-electron chi connectivity index (χ3n) is 4.67. The predicted octanol–water partition coefficient (Wildman–Crippen LogP) is 3.65. The molecule has 1 aromatic carbocycles. The van der Waals surface area contributed by atoms with Gasteiger partial charge in [0, 0.05) is 6.04 Å². The van der Waals surface area contributed by atoms with E-state index in [9.17, 15) is 9.18 Å². The van der Waals surface area contributed by atoms with Crippen molar-refractivity contribution in [3.8, 4) is 0 Å². The van der Waals surface area contributed by atoms with Crippen LogP contribution in [0.5, 0.6) is 0 Å². The minimum absolute atomic E-state index is 0.0607. The largest absolute Gasteiger partial charge is 0.469 e. The highest BCUT2D eigenvalue weighted by molar-refractivity contribution is 5.70. The molecule has 21 heavy (non-hydrogen) atoms. The van der Waals surface area contributed by atoms with Crippen LogP contribution in [0.4, 0.5) is 4.39 Å². The molecule has 2 N–H and O–H groups in total. The van der Waals surface area contributed by atoms with E-state index in [1.807, 2.05) is 0 Å². The zero-order valence-electron chi connectivity index (χ0n) is 12.8. The summed E-state index contributed by atoms with van der Waals surface area (Å²) in [6.07, 6.45) is 5.45. The summed E-state index contributed by atoms with van der Waals surface area (Å²) in [6.45, 7) is 1.74. The van der Waals surface area contributed by atoms with Gasteiger partial charge in [-0.15, -0.1) is 0 Å². The fourth-order valence-corrected chi connectivity index (χ4v) is 3.44. The molecule has 0 radical (unpaired) electrons. The summed E-state index contributed by atoms with van der Waals surface area (Å²) in [5, 5.41) is 0. The van der Waals surface area contributed by atoms with Gasteiger partial charge in [-0.3, -0.25) is 4.79 Å². The van der Waals surface area contributed by atoms with Crippen LogP contribution in [0.2, 0.25) is 0 Å². The number of hydrogen-bond donors (Lipinski definition) is 1. The van der Waals surface area contributed by atoms with E-state index >= 15 is 0 Å². The van der Waals surface area contributed by atoms with E-state index < -0.39 is 0 Å². The standard InChI is InChI=1S/C17H24FNO2/c1-12-9-13(5-6-14(12)18)15(19)10-17(7-3-4-8-17)11-16(20)21-2/h5-6,9,15H,3-4,7-8,10-11,19H2,1-2H3. The van der Waals surface area contributed by atoms with Gasteiger partial charge >= 0.3 is 5.97 Å². The number of methoxy groups -OCH3 is 1. The van der Waals surface area contributed by atoms with Gasteiger partial charge in [-0.1, -0.05) is 25.0 Å². The Bertz CT molecular complexity index is 510. The van der Waals surface area contributed by atoms with Crippen molar-refractivity contribution in [2.24, 2.45) is 11.1 Å². The van der Waals surface area contributed by atoms with Crippen molar-refractivity contribution in [3.63, 3.8) is 0 Å². The first-order chi connectivity index (χ1) is 9.96. The molecule has 1 saturated carbocycles. The van der Waals surface area contributed by atoms with Crippen LogP contribution in [0.1, 0.15) is 55.7 Å². The molecule has 1 aromatic rings. The second-order valence-corrected chi connectivity index (χ2v) is 6.28. The van der Waals surface area contributed by atoms with E-state index in [0.717, 1.165) is 37.7 Å². The SMILES string of the molecule is COC(=O)CC1(CC(N)c2ccc(F)c(C)c2)CCCC1. The van der Waals surface area contributed by atoms with Crippen LogP contribution in [0.3, 0.4) is 0 Å². The summed E-state index contributed by atoms with van der Waals surface area (Å²) in [6, 6.07) is 4.84. The van der Waals surface area contributed by atoms with Gasteiger partial charge in [-0.2, -0.15) is 0 Å². The van der Waals surface area contributed by atoms with E-state index in [2.05, 4.69) is 0 Å². The molecule has 0 saturated heterocycles. The highest BCUT2D eigenvalue weighted by atomic mass is 19.1. The van der Waals surface area contributed by atoms with Gasteiger partial charge in [0.15, 0.2) is 0 Å². The molecule has 0 aliphatic heterocycles. The second kappa shape index (κ2) is 6.56. The van der Waals surface area contributed by atoms with E-state index in [4.69, 9.17) is 10.5 Å². The van der Waals surface area contributed by atoms with E-state index in [-0.39, 0.29) is 23.2 Å². The molecule has 1 aliphatic carbocycles. The van der Waals surface area contributed by atoms with Gasteiger partial charge in [0.2, 0.25) is 0 Å². The summed E-state index contributed by atoms with van der Waals surface area (Å²) in [5.74, 6) is -0.379. The van der Waals surface area contributed by atoms with Crippen LogP contribution >= 0.6 is 0 Å². The molecule has 1 fully saturated rings. The van der Waals surface area contributed by atoms with Crippen molar-refractivity contribution in [1.82, 2.24) is 0 Å². The molecule has 0 spiro atoms. The first kappa shape index (κ1) is 16.0. The fourth-order valence-electron chi connectivity index (χ4n) is 3.44. The number of hydrogen-bond acceptors (Lipinski definition) is 3. The zero-order valence-corrected chi connectivity index (χ0v) is 12.8. The minimum Gasteiger partial charge on any atom is -0.469 e. The summed E-state index contributed by atoms with van der Waals surface area (Å²) in [5.41, 5.74) is 7.80. The maximum absolute atomic E-state index is 13.4. The average molecular weight is 293 g/mol. The van der Waals surface area contributed by atoms with Crippen molar-refractivity contribution in [1.29, 1.82) is 0 Å². The highest BCUT2D eigenvalue weighted by Crippen LogP contribution is 2.47.